The third-order valence-corrected chi connectivity index (χ3v) is 2.94. The van der Waals surface area contributed by atoms with Gasteiger partial charge in [-0.1, -0.05) is 30.3 Å². The molecule has 0 saturated carbocycles. The largest absolute Gasteiger partial charge is 0.309 e. The van der Waals surface area contributed by atoms with E-state index in [1.54, 1.807) is 23.1 Å². The molecule has 0 aliphatic heterocycles. The fourth-order valence-electron chi connectivity index (χ4n) is 1.90. The maximum absolute atomic E-state index is 12.8. The molecule has 0 aromatic heterocycles. The average molecular weight is 269 g/mol. The van der Waals surface area contributed by atoms with Crippen molar-refractivity contribution in [2.45, 2.75) is 6.92 Å². The van der Waals surface area contributed by atoms with Gasteiger partial charge in [-0.25, -0.2) is 4.39 Å². The molecule has 0 fully saturated rings. The Balaban J connectivity index is 2.12. The van der Waals surface area contributed by atoms with Gasteiger partial charge in [0.15, 0.2) is 0 Å². The second-order valence-electron chi connectivity index (χ2n) is 4.30. The summed E-state index contributed by atoms with van der Waals surface area (Å²) in [5.74, 6) is -0.379. The maximum Gasteiger partial charge on any atom is 0.250 e. The summed E-state index contributed by atoms with van der Waals surface area (Å²) < 4.78 is 12.8. The van der Waals surface area contributed by atoms with E-state index >= 15 is 0 Å². The number of halogens is 1. The van der Waals surface area contributed by atoms with Crippen LogP contribution in [-0.2, 0) is 4.79 Å². The van der Waals surface area contributed by atoms with Gasteiger partial charge in [0.2, 0.25) is 0 Å². The average Bonchev–Trinajstić information content (AvgIpc) is 2.48. The zero-order valence-electron chi connectivity index (χ0n) is 11.3. The molecule has 0 bridgehead atoms. The molecule has 0 radical (unpaired) electrons. The normalized spacial score (nSPS) is 10.7. The molecular weight excluding hydrogens is 253 g/mol. The first-order valence-electron chi connectivity index (χ1n) is 6.51. The molecule has 2 aromatic carbocycles. The Bertz CT molecular complexity index is 590. The van der Waals surface area contributed by atoms with E-state index in [1.165, 1.54) is 18.2 Å². The number of rotatable bonds is 4. The van der Waals surface area contributed by atoms with Crippen molar-refractivity contribution in [3.63, 3.8) is 0 Å². The molecule has 0 unspecified atom stereocenters. The van der Waals surface area contributed by atoms with Gasteiger partial charge in [-0.15, -0.1) is 0 Å². The minimum atomic E-state index is -0.284. The number of carbonyl (C=O) groups excluding carboxylic acids is 1. The summed E-state index contributed by atoms with van der Waals surface area (Å²) in [4.78, 5) is 13.9. The molecule has 0 N–H and O–H groups in total. The van der Waals surface area contributed by atoms with Crippen molar-refractivity contribution in [1.29, 1.82) is 0 Å². The lowest BCUT2D eigenvalue weighted by molar-refractivity contribution is -0.114. The predicted octanol–water partition coefficient (Wildman–Crippen LogP) is 3.89. The lowest BCUT2D eigenvalue weighted by atomic mass is 10.2. The number of nitrogens with zero attached hydrogens (tertiary/aromatic N) is 1. The van der Waals surface area contributed by atoms with Crippen molar-refractivity contribution in [2.24, 2.45) is 0 Å². The van der Waals surface area contributed by atoms with Gasteiger partial charge in [-0.05, 0) is 42.8 Å². The Morgan fingerprint density at radius 3 is 2.35 bits per heavy atom. The van der Waals surface area contributed by atoms with Crippen molar-refractivity contribution < 1.29 is 9.18 Å². The lowest BCUT2D eigenvalue weighted by Gasteiger charge is -2.19. The Morgan fingerprint density at radius 1 is 1.10 bits per heavy atom. The van der Waals surface area contributed by atoms with E-state index in [1.807, 2.05) is 37.3 Å². The van der Waals surface area contributed by atoms with Crippen LogP contribution in [0.4, 0.5) is 10.1 Å². The maximum atomic E-state index is 12.8. The van der Waals surface area contributed by atoms with Crippen molar-refractivity contribution in [3.8, 4) is 0 Å². The Labute approximate surface area is 118 Å². The number of benzene rings is 2. The van der Waals surface area contributed by atoms with Gasteiger partial charge in [0.25, 0.3) is 5.91 Å². The predicted molar refractivity (Wildman–Crippen MR) is 79.9 cm³/mol. The van der Waals surface area contributed by atoms with Crippen LogP contribution in [0.25, 0.3) is 6.08 Å². The molecular formula is C17H16FNO. The van der Waals surface area contributed by atoms with Gasteiger partial charge in [-0.3, -0.25) is 4.79 Å². The summed E-state index contributed by atoms with van der Waals surface area (Å²) in [6.45, 7) is 2.52. The fourth-order valence-corrected chi connectivity index (χ4v) is 1.90. The first-order valence-corrected chi connectivity index (χ1v) is 6.51. The first kappa shape index (κ1) is 14.0. The van der Waals surface area contributed by atoms with Gasteiger partial charge in [0.1, 0.15) is 5.82 Å². The summed E-state index contributed by atoms with van der Waals surface area (Å²) in [6, 6.07) is 15.5. The van der Waals surface area contributed by atoms with Crippen molar-refractivity contribution in [1.82, 2.24) is 0 Å². The summed E-state index contributed by atoms with van der Waals surface area (Å²) in [5, 5.41) is 0. The van der Waals surface area contributed by atoms with Crippen LogP contribution < -0.4 is 4.90 Å². The Kier molecular flexibility index (Phi) is 4.66. The molecule has 20 heavy (non-hydrogen) atoms. The van der Waals surface area contributed by atoms with Crippen LogP contribution in [0.3, 0.4) is 0 Å². The molecule has 102 valence electrons. The Hall–Kier alpha value is -2.42. The molecule has 0 aliphatic carbocycles. The minimum absolute atomic E-state index is 0.0944. The second-order valence-corrected chi connectivity index (χ2v) is 4.30. The smallest absolute Gasteiger partial charge is 0.250 e. The van der Waals surface area contributed by atoms with E-state index in [0.717, 1.165) is 11.3 Å². The van der Waals surface area contributed by atoms with Crippen molar-refractivity contribution in [2.75, 3.05) is 11.4 Å². The molecule has 2 aromatic rings. The summed E-state index contributed by atoms with van der Waals surface area (Å²) in [7, 11) is 0. The number of carbonyl (C=O) groups is 1. The third kappa shape index (κ3) is 3.54. The van der Waals surface area contributed by atoms with Crippen LogP contribution in [0.5, 0.6) is 0 Å². The number of likely N-dealkylation sites (N-methyl/N-ethyl adjacent to an activating group) is 1. The molecule has 1 amide bonds. The highest BCUT2D eigenvalue weighted by Gasteiger charge is 2.09. The van der Waals surface area contributed by atoms with E-state index in [2.05, 4.69) is 0 Å². The molecule has 3 heteroatoms. The van der Waals surface area contributed by atoms with Crippen molar-refractivity contribution >= 4 is 17.7 Å². The highest BCUT2D eigenvalue weighted by atomic mass is 19.1. The number of para-hydroxylation sites is 1. The van der Waals surface area contributed by atoms with Gasteiger partial charge in [0.05, 0.1) is 0 Å². The van der Waals surface area contributed by atoms with Gasteiger partial charge < -0.3 is 4.90 Å². The van der Waals surface area contributed by atoms with Crippen LogP contribution in [0.2, 0.25) is 0 Å². The van der Waals surface area contributed by atoms with E-state index in [0.29, 0.717) is 6.54 Å². The molecule has 0 spiro atoms. The minimum Gasteiger partial charge on any atom is -0.309 e. The molecule has 2 nitrogen and oxygen atoms in total. The highest BCUT2D eigenvalue weighted by Crippen LogP contribution is 2.14. The topological polar surface area (TPSA) is 20.3 Å². The van der Waals surface area contributed by atoms with Crippen LogP contribution in [0.15, 0.2) is 60.7 Å². The number of anilines is 1. The fraction of sp³-hybridized carbons (Fsp3) is 0.118. The zero-order valence-corrected chi connectivity index (χ0v) is 11.3. The van der Waals surface area contributed by atoms with Crippen LogP contribution in [0, 0.1) is 5.82 Å². The van der Waals surface area contributed by atoms with Gasteiger partial charge >= 0.3 is 0 Å². The van der Waals surface area contributed by atoms with E-state index in [9.17, 15) is 9.18 Å². The van der Waals surface area contributed by atoms with E-state index in [4.69, 9.17) is 0 Å². The van der Waals surface area contributed by atoms with Crippen LogP contribution in [-0.4, -0.2) is 12.5 Å². The summed E-state index contributed by atoms with van der Waals surface area (Å²) in [6.07, 6.45) is 3.19. The van der Waals surface area contributed by atoms with Crippen LogP contribution in [0.1, 0.15) is 12.5 Å². The van der Waals surface area contributed by atoms with E-state index in [-0.39, 0.29) is 11.7 Å². The molecule has 0 heterocycles. The molecule has 0 aliphatic rings. The number of amides is 1. The Morgan fingerprint density at radius 2 is 1.75 bits per heavy atom. The van der Waals surface area contributed by atoms with Crippen molar-refractivity contribution in [3.05, 3.63) is 72.1 Å². The SMILES string of the molecule is CCN(C(=O)C=Cc1ccc(F)cc1)c1ccccc1. The molecule has 0 saturated heterocycles. The van der Waals surface area contributed by atoms with Crippen LogP contribution >= 0.6 is 0 Å². The highest BCUT2D eigenvalue weighted by molar-refractivity contribution is 6.03. The summed E-state index contributed by atoms with van der Waals surface area (Å²) >= 11 is 0. The third-order valence-electron chi connectivity index (χ3n) is 2.94. The number of hydrogen-bond donors (Lipinski definition) is 0. The summed E-state index contributed by atoms with van der Waals surface area (Å²) in [5.41, 5.74) is 1.66. The first-order chi connectivity index (χ1) is 9.70. The van der Waals surface area contributed by atoms with Gasteiger partial charge in [0, 0.05) is 18.3 Å². The lowest BCUT2D eigenvalue weighted by Crippen LogP contribution is -2.28. The second kappa shape index (κ2) is 6.66. The zero-order chi connectivity index (χ0) is 14.4. The van der Waals surface area contributed by atoms with E-state index < -0.39 is 0 Å². The number of hydrogen-bond acceptors (Lipinski definition) is 1. The van der Waals surface area contributed by atoms with Gasteiger partial charge in [-0.2, -0.15) is 0 Å². The molecule has 0 atom stereocenters. The monoisotopic (exact) mass is 269 g/mol. The molecule has 2 rings (SSSR count). The quantitative estimate of drug-likeness (QED) is 0.771. The standard InChI is InChI=1S/C17H16FNO/c1-2-19(16-6-4-3-5-7-16)17(20)13-10-14-8-11-15(18)12-9-14/h3-13H,2H2,1H3.